The van der Waals surface area contributed by atoms with Crippen molar-refractivity contribution in [2.45, 2.75) is 62.3 Å². The van der Waals surface area contributed by atoms with Gasteiger partial charge in [0.25, 0.3) is 0 Å². The zero-order valence-electron chi connectivity index (χ0n) is 19.2. The van der Waals surface area contributed by atoms with Gasteiger partial charge in [-0.15, -0.1) is 0 Å². The first-order valence-electron chi connectivity index (χ1n) is 12.4. The molecule has 1 aromatic heterocycles. The minimum absolute atomic E-state index is 0.00546. The summed E-state index contributed by atoms with van der Waals surface area (Å²) in [5.41, 5.74) is 1.27. The minimum atomic E-state index is -3.59. The lowest BCUT2D eigenvalue weighted by Crippen LogP contribution is -2.37. The Morgan fingerprint density at radius 3 is 2.48 bits per heavy atom. The van der Waals surface area contributed by atoms with Crippen LogP contribution in [0.15, 0.2) is 53.6 Å². The summed E-state index contributed by atoms with van der Waals surface area (Å²) in [7, 11) is -3.59. The molecule has 1 aromatic carbocycles. The molecule has 0 bridgehead atoms. The van der Waals surface area contributed by atoms with Gasteiger partial charge >= 0.3 is 0 Å². The van der Waals surface area contributed by atoms with Crippen molar-refractivity contribution >= 4 is 15.8 Å². The highest BCUT2D eigenvalue weighted by Crippen LogP contribution is 2.44. The van der Waals surface area contributed by atoms with Crippen LogP contribution in [0, 0.1) is 17.3 Å². The molecular formula is C26H35N3O3S. The van der Waals surface area contributed by atoms with Crippen molar-refractivity contribution in [3.8, 4) is 0 Å². The maximum Gasteiger partial charge on any atom is 0.242 e. The average molecular weight is 470 g/mol. The Kier molecular flexibility index (Phi) is 6.72. The van der Waals surface area contributed by atoms with Crippen LogP contribution in [0.5, 0.6) is 0 Å². The summed E-state index contributed by atoms with van der Waals surface area (Å²) in [6.45, 7) is 2.22. The standard InChI is InChI=1S/C26H35N3O3S/c30-33(31,28-19-26(12-4-5-13-26)17-20-6-2-1-3-7-20)22-8-9-25(27-18-22)29-24-16-23(24)21-10-14-32-15-11-21/h1-3,6-9,18,21,23-24,28H,4-5,10-17,19H2,(H,27,29)/t23-,24+/m0/s1. The normalized spacial score (nSPS) is 25.1. The Bertz CT molecular complexity index is 1010. The highest BCUT2D eigenvalue weighted by molar-refractivity contribution is 7.89. The number of benzene rings is 1. The molecule has 2 atom stereocenters. The van der Waals surface area contributed by atoms with E-state index in [0.717, 1.165) is 76.3 Å². The molecule has 33 heavy (non-hydrogen) atoms. The molecule has 0 amide bonds. The van der Waals surface area contributed by atoms with Crippen LogP contribution < -0.4 is 10.0 Å². The van der Waals surface area contributed by atoms with Crippen LogP contribution in [0.2, 0.25) is 0 Å². The molecule has 0 radical (unpaired) electrons. The van der Waals surface area contributed by atoms with Gasteiger partial charge in [0.05, 0.1) is 0 Å². The molecule has 6 nitrogen and oxygen atoms in total. The zero-order valence-corrected chi connectivity index (χ0v) is 20.0. The van der Waals surface area contributed by atoms with Gasteiger partial charge in [-0.25, -0.2) is 18.1 Å². The van der Waals surface area contributed by atoms with Crippen LogP contribution in [-0.2, 0) is 21.2 Å². The number of anilines is 1. The third kappa shape index (κ3) is 5.58. The quantitative estimate of drug-likeness (QED) is 0.569. The number of aromatic nitrogens is 1. The maximum absolute atomic E-state index is 13.0. The predicted molar refractivity (Wildman–Crippen MR) is 130 cm³/mol. The molecular weight excluding hydrogens is 434 g/mol. The number of nitrogens with one attached hydrogen (secondary N) is 2. The van der Waals surface area contributed by atoms with Gasteiger partial charge < -0.3 is 10.1 Å². The molecule has 2 saturated carbocycles. The van der Waals surface area contributed by atoms with Gasteiger partial charge in [0.1, 0.15) is 10.7 Å². The fraction of sp³-hybridized carbons (Fsp3) is 0.577. The maximum atomic E-state index is 13.0. The van der Waals surface area contributed by atoms with Crippen LogP contribution in [-0.4, -0.2) is 39.2 Å². The molecule has 2 aromatic rings. The van der Waals surface area contributed by atoms with Crippen molar-refractivity contribution in [3.63, 3.8) is 0 Å². The van der Waals surface area contributed by atoms with E-state index in [1.807, 2.05) is 6.07 Å². The van der Waals surface area contributed by atoms with Gasteiger partial charge in [-0.1, -0.05) is 43.2 Å². The molecule has 178 valence electrons. The Morgan fingerprint density at radius 1 is 1.03 bits per heavy atom. The summed E-state index contributed by atoms with van der Waals surface area (Å²) in [6, 6.07) is 14.3. The van der Waals surface area contributed by atoms with E-state index in [1.165, 1.54) is 11.8 Å². The van der Waals surface area contributed by atoms with Gasteiger partial charge in [0.15, 0.2) is 0 Å². The first kappa shape index (κ1) is 22.8. The van der Waals surface area contributed by atoms with Crippen LogP contribution >= 0.6 is 0 Å². The molecule has 7 heteroatoms. The molecule has 3 fully saturated rings. The number of ether oxygens (including phenoxy) is 1. The van der Waals surface area contributed by atoms with Crippen molar-refractivity contribution in [2.75, 3.05) is 25.1 Å². The first-order chi connectivity index (χ1) is 16.0. The van der Waals surface area contributed by atoms with Crippen molar-refractivity contribution in [1.29, 1.82) is 0 Å². The Balaban J connectivity index is 1.17. The lowest BCUT2D eigenvalue weighted by Gasteiger charge is -2.29. The summed E-state index contributed by atoms with van der Waals surface area (Å²) >= 11 is 0. The van der Waals surface area contributed by atoms with Gasteiger partial charge in [0, 0.05) is 32.0 Å². The average Bonchev–Trinajstić information content (AvgIpc) is 3.46. The second-order valence-corrected chi connectivity index (χ2v) is 11.9. The SMILES string of the molecule is O=S(=O)(NCC1(Cc2ccccc2)CCCC1)c1ccc(N[C@@H]2C[C@H]2C2CCOCC2)nc1. The molecule has 1 saturated heterocycles. The third-order valence-electron chi connectivity index (χ3n) is 7.81. The number of nitrogens with zero attached hydrogens (tertiary/aromatic N) is 1. The van der Waals surface area contributed by atoms with Crippen LogP contribution in [0.25, 0.3) is 0 Å². The van der Waals surface area contributed by atoms with Gasteiger partial charge in [-0.2, -0.15) is 0 Å². The number of sulfonamides is 1. The van der Waals surface area contributed by atoms with E-state index >= 15 is 0 Å². The second kappa shape index (κ2) is 9.72. The lowest BCUT2D eigenvalue weighted by molar-refractivity contribution is 0.0595. The van der Waals surface area contributed by atoms with E-state index in [4.69, 9.17) is 4.74 Å². The Morgan fingerprint density at radius 2 is 1.79 bits per heavy atom. The zero-order chi connectivity index (χ0) is 22.7. The highest BCUT2D eigenvalue weighted by atomic mass is 32.2. The molecule has 2 N–H and O–H groups in total. The van der Waals surface area contributed by atoms with E-state index in [9.17, 15) is 8.42 Å². The molecule has 3 aliphatic rings. The van der Waals surface area contributed by atoms with Gasteiger partial charge in [-0.05, 0) is 73.5 Å². The number of pyridine rings is 1. The fourth-order valence-corrected chi connectivity index (χ4v) is 6.86. The summed E-state index contributed by atoms with van der Waals surface area (Å²) < 4.78 is 34.4. The van der Waals surface area contributed by atoms with E-state index in [1.54, 1.807) is 12.1 Å². The first-order valence-corrected chi connectivity index (χ1v) is 13.9. The largest absolute Gasteiger partial charge is 0.381 e. The minimum Gasteiger partial charge on any atom is -0.381 e. The number of hydrogen-bond donors (Lipinski definition) is 2. The van der Waals surface area contributed by atoms with Crippen LogP contribution in [0.3, 0.4) is 0 Å². The van der Waals surface area contributed by atoms with Gasteiger partial charge in [-0.3, -0.25) is 0 Å². The summed E-state index contributed by atoms with van der Waals surface area (Å²) in [4.78, 5) is 4.65. The fourth-order valence-electron chi connectivity index (χ4n) is 5.76. The van der Waals surface area contributed by atoms with Crippen molar-refractivity contribution in [1.82, 2.24) is 9.71 Å². The Labute approximate surface area is 197 Å². The van der Waals surface area contributed by atoms with Crippen LogP contribution in [0.4, 0.5) is 5.82 Å². The molecule has 0 unspecified atom stereocenters. The Hall–Kier alpha value is -1.96. The monoisotopic (exact) mass is 469 g/mol. The molecule has 0 spiro atoms. The third-order valence-corrected chi connectivity index (χ3v) is 9.20. The summed E-state index contributed by atoms with van der Waals surface area (Å²) in [5, 5.41) is 3.48. The summed E-state index contributed by atoms with van der Waals surface area (Å²) in [5.74, 6) is 2.18. The number of rotatable bonds is 9. The molecule has 2 aliphatic carbocycles. The van der Waals surface area contributed by atoms with E-state index < -0.39 is 10.0 Å². The van der Waals surface area contributed by atoms with E-state index in [-0.39, 0.29) is 10.3 Å². The molecule has 2 heterocycles. The molecule has 1 aliphatic heterocycles. The van der Waals surface area contributed by atoms with Crippen molar-refractivity contribution in [3.05, 3.63) is 54.2 Å². The van der Waals surface area contributed by atoms with E-state index in [2.05, 4.69) is 39.3 Å². The molecule has 5 rings (SSSR count). The van der Waals surface area contributed by atoms with Crippen molar-refractivity contribution in [2.24, 2.45) is 17.3 Å². The van der Waals surface area contributed by atoms with E-state index in [0.29, 0.717) is 18.5 Å². The smallest absolute Gasteiger partial charge is 0.242 e. The number of hydrogen-bond acceptors (Lipinski definition) is 5. The topological polar surface area (TPSA) is 80.3 Å². The lowest BCUT2D eigenvalue weighted by atomic mass is 9.80. The summed E-state index contributed by atoms with van der Waals surface area (Å²) in [6.07, 6.45) is 10.3. The highest BCUT2D eigenvalue weighted by Gasteiger charge is 2.43. The predicted octanol–water partition coefficient (Wildman–Crippen LogP) is 4.39. The van der Waals surface area contributed by atoms with Crippen LogP contribution in [0.1, 0.15) is 50.5 Å². The second-order valence-electron chi connectivity index (χ2n) is 10.2. The van der Waals surface area contributed by atoms with Gasteiger partial charge in [0.2, 0.25) is 10.0 Å². The van der Waals surface area contributed by atoms with Crippen molar-refractivity contribution < 1.29 is 13.2 Å².